The smallest absolute Gasteiger partial charge is 0.0196 e. The minimum absolute atomic E-state index is 0.632. The first-order chi connectivity index (χ1) is 5.35. The lowest BCUT2D eigenvalue weighted by Gasteiger charge is -2.03. The first-order valence-electron chi connectivity index (χ1n) is 4.36. The molecule has 2 fully saturated rings. The molecule has 0 aromatic carbocycles. The van der Waals surface area contributed by atoms with Crippen molar-refractivity contribution in [3.8, 4) is 0 Å². The van der Waals surface area contributed by atoms with Gasteiger partial charge in [0.15, 0.2) is 0 Å². The van der Waals surface area contributed by atoms with Gasteiger partial charge in [0.25, 0.3) is 0 Å². The average molecular weight is 157 g/mol. The minimum Gasteiger partial charge on any atom is -0.333 e. The fourth-order valence-electron chi connectivity index (χ4n) is 1.75. The van der Waals surface area contributed by atoms with Gasteiger partial charge in [-0.05, 0) is 31.7 Å². The van der Waals surface area contributed by atoms with Crippen LogP contribution in [0, 0.1) is 5.41 Å². The summed E-state index contributed by atoms with van der Waals surface area (Å²) in [6.07, 6.45) is 4.22. The van der Waals surface area contributed by atoms with Gasteiger partial charge in [-0.2, -0.15) is 0 Å². The maximum absolute atomic E-state index is 5.52. The van der Waals surface area contributed by atoms with Crippen molar-refractivity contribution in [2.24, 2.45) is 16.9 Å². The van der Waals surface area contributed by atoms with Crippen LogP contribution in [0.5, 0.6) is 0 Å². The van der Waals surface area contributed by atoms with Gasteiger partial charge in [0, 0.05) is 19.1 Å². The SMILES string of the molecule is CN.NCC1CC2(CC2)CN1. The van der Waals surface area contributed by atoms with E-state index in [-0.39, 0.29) is 0 Å². The first-order valence-corrected chi connectivity index (χ1v) is 4.36. The molecule has 0 aromatic rings. The second-order valence-corrected chi connectivity index (χ2v) is 3.52. The molecule has 1 aliphatic heterocycles. The van der Waals surface area contributed by atoms with E-state index in [4.69, 9.17) is 5.73 Å². The summed E-state index contributed by atoms with van der Waals surface area (Å²) in [6.45, 7) is 2.05. The van der Waals surface area contributed by atoms with E-state index >= 15 is 0 Å². The van der Waals surface area contributed by atoms with Crippen LogP contribution < -0.4 is 16.8 Å². The van der Waals surface area contributed by atoms with E-state index in [2.05, 4.69) is 11.1 Å². The molecule has 1 aliphatic carbocycles. The van der Waals surface area contributed by atoms with Crippen molar-refractivity contribution < 1.29 is 0 Å². The van der Waals surface area contributed by atoms with Gasteiger partial charge in [-0.3, -0.25) is 0 Å². The molecule has 3 heteroatoms. The second kappa shape index (κ2) is 3.52. The number of rotatable bonds is 1. The third kappa shape index (κ3) is 1.92. The van der Waals surface area contributed by atoms with Gasteiger partial charge in [-0.1, -0.05) is 0 Å². The highest BCUT2D eigenvalue weighted by atomic mass is 15.0. The van der Waals surface area contributed by atoms with Gasteiger partial charge in [0.05, 0.1) is 0 Å². The molecule has 1 saturated carbocycles. The molecule has 5 N–H and O–H groups in total. The molecule has 0 aromatic heterocycles. The van der Waals surface area contributed by atoms with Gasteiger partial charge < -0.3 is 16.8 Å². The lowest BCUT2D eigenvalue weighted by molar-refractivity contribution is 0.546. The Hall–Kier alpha value is -0.120. The van der Waals surface area contributed by atoms with E-state index in [0.29, 0.717) is 6.04 Å². The fraction of sp³-hybridized carbons (Fsp3) is 1.00. The molecule has 0 amide bonds. The highest BCUT2D eigenvalue weighted by Gasteiger charge is 2.47. The van der Waals surface area contributed by atoms with Crippen LogP contribution in [-0.2, 0) is 0 Å². The van der Waals surface area contributed by atoms with E-state index in [1.165, 1.54) is 32.9 Å². The Labute approximate surface area is 68.5 Å². The Kier molecular flexibility index (Phi) is 2.87. The summed E-state index contributed by atoms with van der Waals surface area (Å²) < 4.78 is 0. The standard InChI is InChI=1S/C7H14N2.CH5N/c8-4-6-3-7(1-2-7)5-9-6;1-2/h6,9H,1-5,8H2;2H2,1H3. The summed E-state index contributed by atoms with van der Waals surface area (Å²) in [5, 5.41) is 3.43. The zero-order valence-corrected chi connectivity index (χ0v) is 7.27. The normalized spacial score (nSPS) is 31.4. The van der Waals surface area contributed by atoms with Crippen LogP contribution in [0.3, 0.4) is 0 Å². The van der Waals surface area contributed by atoms with Crippen LogP contribution in [0.1, 0.15) is 19.3 Å². The quantitative estimate of drug-likeness (QED) is 0.488. The van der Waals surface area contributed by atoms with Crippen molar-refractivity contribution in [3.05, 3.63) is 0 Å². The highest BCUT2D eigenvalue weighted by molar-refractivity contribution is 5.03. The van der Waals surface area contributed by atoms with Gasteiger partial charge in [-0.15, -0.1) is 0 Å². The van der Waals surface area contributed by atoms with Crippen LogP contribution >= 0.6 is 0 Å². The summed E-state index contributed by atoms with van der Waals surface area (Å²) in [5.74, 6) is 0. The maximum Gasteiger partial charge on any atom is 0.0196 e. The summed E-state index contributed by atoms with van der Waals surface area (Å²) in [5.41, 5.74) is 10.7. The molecule has 0 bridgehead atoms. The Morgan fingerprint density at radius 3 is 2.36 bits per heavy atom. The summed E-state index contributed by atoms with van der Waals surface area (Å²) in [4.78, 5) is 0. The summed E-state index contributed by atoms with van der Waals surface area (Å²) in [7, 11) is 1.50. The lowest BCUT2D eigenvalue weighted by atomic mass is 10.0. The van der Waals surface area contributed by atoms with E-state index < -0.39 is 0 Å². The number of nitrogens with one attached hydrogen (secondary N) is 1. The highest BCUT2D eigenvalue weighted by Crippen LogP contribution is 2.51. The van der Waals surface area contributed by atoms with Crippen LogP contribution in [0.4, 0.5) is 0 Å². The molecule has 1 heterocycles. The lowest BCUT2D eigenvalue weighted by Crippen LogP contribution is -2.29. The van der Waals surface area contributed by atoms with Crippen molar-refractivity contribution in [2.45, 2.75) is 25.3 Å². The average Bonchev–Trinajstić information content (AvgIpc) is 2.67. The third-order valence-electron chi connectivity index (χ3n) is 2.69. The van der Waals surface area contributed by atoms with Crippen molar-refractivity contribution in [2.75, 3.05) is 20.1 Å². The monoisotopic (exact) mass is 157 g/mol. The zero-order chi connectivity index (χ0) is 8.32. The number of hydrogen-bond acceptors (Lipinski definition) is 3. The van der Waals surface area contributed by atoms with Crippen LogP contribution in [0.15, 0.2) is 0 Å². The van der Waals surface area contributed by atoms with Crippen molar-refractivity contribution in [1.29, 1.82) is 0 Å². The van der Waals surface area contributed by atoms with Gasteiger partial charge in [0.2, 0.25) is 0 Å². The van der Waals surface area contributed by atoms with Crippen LogP contribution in [-0.4, -0.2) is 26.2 Å². The van der Waals surface area contributed by atoms with Crippen molar-refractivity contribution >= 4 is 0 Å². The molecule has 1 saturated heterocycles. The predicted molar refractivity (Wildman–Crippen MR) is 47.2 cm³/mol. The molecule has 3 nitrogen and oxygen atoms in total. The molecule has 2 aliphatic rings. The molecule has 2 rings (SSSR count). The fourth-order valence-corrected chi connectivity index (χ4v) is 1.75. The largest absolute Gasteiger partial charge is 0.333 e. The number of nitrogens with two attached hydrogens (primary N) is 2. The van der Waals surface area contributed by atoms with E-state index in [1.54, 1.807) is 0 Å². The molecular formula is C8H19N3. The summed E-state index contributed by atoms with van der Waals surface area (Å²) >= 11 is 0. The van der Waals surface area contributed by atoms with Crippen molar-refractivity contribution in [1.82, 2.24) is 5.32 Å². The van der Waals surface area contributed by atoms with Crippen LogP contribution in [0.25, 0.3) is 0 Å². The molecular weight excluding hydrogens is 138 g/mol. The Bertz CT molecular complexity index is 121. The second-order valence-electron chi connectivity index (χ2n) is 3.52. The van der Waals surface area contributed by atoms with Crippen molar-refractivity contribution in [3.63, 3.8) is 0 Å². The Morgan fingerprint density at radius 1 is 1.45 bits per heavy atom. The van der Waals surface area contributed by atoms with Gasteiger partial charge >= 0.3 is 0 Å². The van der Waals surface area contributed by atoms with Gasteiger partial charge in [0.1, 0.15) is 0 Å². The zero-order valence-electron chi connectivity index (χ0n) is 7.27. The number of hydrogen-bond donors (Lipinski definition) is 3. The Morgan fingerprint density at radius 2 is 2.09 bits per heavy atom. The molecule has 66 valence electrons. The molecule has 1 spiro atoms. The van der Waals surface area contributed by atoms with E-state index in [9.17, 15) is 0 Å². The summed E-state index contributed by atoms with van der Waals surface area (Å²) in [6, 6.07) is 0.632. The molecule has 11 heavy (non-hydrogen) atoms. The predicted octanol–water partition coefficient (Wildman–Crippen LogP) is -0.338. The Balaban J connectivity index is 0.000000281. The van der Waals surface area contributed by atoms with E-state index in [0.717, 1.165) is 12.0 Å². The molecule has 1 atom stereocenters. The molecule has 0 radical (unpaired) electrons. The minimum atomic E-state index is 0.632. The van der Waals surface area contributed by atoms with Crippen LogP contribution in [0.2, 0.25) is 0 Å². The van der Waals surface area contributed by atoms with Gasteiger partial charge in [-0.25, -0.2) is 0 Å². The van der Waals surface area contributed by atoms with E-state index in [1.807, 2.05) is 0 Å². The topological polar surface area (TPSA) is 64.1 Å². The third-order valence-corrected chi connectivity index (χ3v) is 2.69. The first kappa shape index (κ1) is 8.97. The maximum atomic E-state index is 5.52. The molecule has 1 unspecified atom stereocenters.